The minimum atomic E-state index is -0.0441. The fourth-order valence-electron chi connectivity index (χ4n) is 4.28. The first-order valence-electron chi connectivity index (χ1n) is 7.79. The molecule has 1 amide bonds. The lowest BCUT2D eigenvalue weighted by molar-refractivity contribution is 0.0915. The number of carbonyl (C=O) groups is 1. The van der Waals surface area contributed by atoms with Gasteiger partial charge in [-0.15, -0.1) is 0 Å². The quantitative estimate of drug-likeness (QED) is 0.816. The van der Waals surface area contributed by atoms with Gasteiger partial charge in [-0.05, 0) is 49.3 Å². The summed E-state index contributed by atoms with van der Waals surface area (Å²) < 4.78 is 2.86. The Bertz CT molecular complexity index is 770. The van der Waals surface area contributed by atoms with Crippen molar-refractivity contribution in [1.29, 1.82) is 0 Å². The standard InChI is InChI=1S/C17H18BrClN2O/c1-21-14-5-4-11(18)8-12(14)15(19)16(21)17(22)20-13-7-9-2-3-10(13)6-9/h4-5,8-10,13H,2-3,6-7H2,1H3,(H,20,22)/t9-,10+,13-/m1/s1. The second kappa shape index (κ2) is 5.27. The minimum Gasteiger partial charge on any atom is -0.348 e. The zero-order valence-electron chi connectivity index (χ0n) is 12.4. The summed E-state index contributed by atoms with van der Waals surface area (Å²) in [7, 11) is 1.90. The molecule has 0 spiro atoms. The largest absolute Gasteiger partial charge is 0.348 e. The normalized spacial score (nSPS) is 26.8. The summed E-state index contributed by atoms with van der Waals surface area (Å²) in [6, 6.07) is 6.24. The molecule has 0 unspecified atom stereocenters. The molecule has 2 aliphatic carbocycles. The van der Waals surface area contributed by atoms with Gasteiger partial charge in [0.1, 0.15) is 5.69 Å². The lowest BCUT2D eigenvalue weighted by atomic mass is 9.95. The van der Waals surface area contributed by atoms with Crippen LogP contribution in [-0.2, 0) is 7.05 Å². The van der Waals surface area contributed by atoms with Crippen molar-refractivity contribution in [3.63, 3.8) is 0 Å². The highest BCUT2D eigenvalue weighted by Crippen LogP contribution is 2.44. The van der Waals surface area contributed by atoms with Gasteiger partial charge in [-0.1, -0.05) is 34.0 Å². The number of rotatable bonds is 2. The Morgan fingerprint density at radius 3 is 2.86 bits per heavy atom. The first-order valence-corrected chi connectivity index (χ1v) is 8.96. The van der Waals surface area contributed by atoms with E-state index in [2.05, 4.69) is 21.2 Å². The van der Waals surface area contributed by atoms with Crippen molar-refractivity contribution in [3.8, 4) is 0 Å². The van der Waals surface area contributed by atoms with E-state index < -0.39 is 0 Å². The smallest absolute Gasteiger partial charge is 0.269 e. The number of nitrogens with one attached hydrogen (secondary N) is 1. The molecule has 1 aromatic carbocycles. The Hall–Kier alpha value is -1.00. The van der Waals surface area contributed by atoms with Gasteiger partial charge in [-0.3, -0.25) is 4.79 Å². The third-order valence-electron chi connectivity index (χ3n) is 5.37. The number of nitrogens with zero attached hydrogens (tertiary/aromatic N) is 1. The van der Waals surface area contributed by atoms with Crippen molar-refractivity contribution in [2.75, 3.05) is 0 Å². The number of hydrogen-bond donors (Lipinski definition) is 1. The van der Waals surface area contributed by atoms with Crippen LogP contribution in [0.2, 0.25) is 5.02 Å². The van der Waals surface area contributed by atoms with Crippen molar-refractivity contribution in [2.24, 2.45) is 18.9 Å². The molecule has 0 saturated heterocycles. The molecule has 0 radical (unpaired) electrons. The molecule has 3 nitrogen and oxygen atoms in total. The van der Waals surface area contributed by atoms with E-state index in [1.165, 1.54) is 19.3 Å². The van der Waals surface area contributed by atoms with E-state index in [1.807, 2.05) is 29.8 Å². The predicted molar refractivity (Wildman–Crippen MR) is 92.3 cm³/mol. The summed E-state index contributed by atoms with van der Waals surface area (Å²) in [6.45, 7) is 0. The van der Waals surface area contributed by atoms with Gasteiger partial charge in [-0.2, -0.15) is 0 Å². The van der Waals surface area contributed by atoms with E-state index in [0.717, 1.165) is 27.7 Å². The molecule has 116 valence electrons. The molecular weight excluding hydrogens is 364 g/mol. The number of amides is 1. The van der Waals surface area contributed by atoms with E-state index in [0.29, 0.717) is 22.7 Å². The van der Waals surface area contributed by atoms with Crippen LogP contribution in [0.4, 0.5) is 0 Å². The summed E-state index contributed by atoms with van der Waals surface area (Å²) in [4.78, 5) is 12.7. The molecule has 2 bridgehead atoms. The van der Waals surface area contributed by atoms with Gasteiger partial charge in [0.05, 0.1) is 5.02 Å². The van der Waals surface area contributed by atoms with Crippen LogP contribution in [0.25, 0.3) is 10.9 Å². The Morgan fingerprint density at radius 1 is 1.36 bits per heavy atom. The molecule has 4 rings (SSSR count). The van der Waals surface area contributed by atoms with Crippen LogP contribution in [0.3, 0.4) is 0 Å². The highest BCUT2D eigenvalue weighted by Gasteiger charge is 2.40. The van der Waals surface area contributed by atoms with Gasteiger partial charge in [0.2, 0.25) is 0 Å². The van der Waals surface area contributed by atoms with Crippen LogP contribution in [0, 0.1) is 11.8 Å². The fourth-order valence-corrected chi connectivity index (χ4v) is 5.01. The summed E-state index contributed by atoms with van der Waals surface area (Å²) >= 11 is 9.95. The molecule has 2 fully saturated rings. The second-order valence-electron chi connectivity index (χ2n) is 6.64. The highest BCUT2D eigenvalue weighted by atomic mass is 79.9. The molecule has 0 aliphatic heterocycles. The zero-order valence-corrected chi connectivity index (χ0v) is 14.7. The molecule has 2 aromatic rings. The van der Waals surface area contributed by atoms with Crippen molar-refractivity contribution in [1.82, 2.24) is 9.88 Å². The summed E-state index contributed by atoms with van der Waals surface area (Å²) in [5.41, 5.74) is 1.55. The monoisotopic (exact) mass is 380 g/mol. The van der Waals surface area contributed by atoms with Crippen LogP contribution < -0.4 is 5.32 Å². The lowest BCUT2D eigenvalue weighted by Gasteiger charge is -2.23. The van der Waals surface area contributed by atoms with Crippen LogP contribution in [0.15, 0.2) is 22.7 Å². The molecule has 1 heterocycles. The van der Waals surface area contributed by atoms with E-state index in [4.69, 9.17) is 11.6 Å². The Labute approximate surface area is 143 Å². The maximum absolute atomic E-state index is 12.7. The summed E-state index contributed by atoms with van der Waals surface area (Å²) in [5.74, 6) is 1.43. The lowest BCUT2D eigenvalue weighted by Crippen LogP contribution is -2.39. The molecule has 2 aliphatic rings. The van der Waals surface area contributed by atoms with Gasteiger partial charge in [0, 0.05) is 28.5 Å². The third kappa shape index (κ3) is 2.19. The summed E-state index contributed by atoms with van der Waals surface area (Å²) in [6.07, 6.45) is 5.00. The van der Waals surface area contributed by atoms with Crippen LogP contribution in [0.5, 0.6) is 0 Å². The average molecular weight is 382 g/mol. The number of benzene rings is 1. The number of aromatic nitrogens is 1. The second-order valence-corrected chi connectivity index (χ2v) is 7.93. The predicted octanol–water partition coefficient (Wildman–Crippen LogP) is 4.51. The maximum atomic E-state index is 12.7. The number of hydrogen-bond acceptors (Lipinski definition) is 1. The van der Waals surface area contributed by atoms with Crippen molar-refractivity contribution in [2.45, 2.75) is 31.7 Å². The fraction of sp³-hybridized carbons (Fsp3) is 0.471. The van der Waals surface area contributed by atoms with Gasteiger partial charge < -0.3 is 9.88 Å². The first-order chi connectivity index (χ1) is 10.5. The Balaban J connectivity index is 1.67. The number of halogens is 2. The zero-order chi connectivity index (χ0) is 15.4. The highest BCUT2D eigenvalue weighted by molar-refractivity contribution is 9.10. The molecule has 22 heavy (non-hydrogen) atoms. The van der Waals surface area contributed by atoms with Crippen LogP contribution in [0.1, 0.15) is 36.2 Å². The van der Waals surface area contributed by atoms with Crippen molar-refractivity contribution >= 4 is 44.3 Å². The molecule has 5 heteroatoms. The van der Waals surface area contributed by atoms with Gasteiger partial charge in [0.25, 0.3) is 5.91 Å². The van der Waals surface area contributed by atoms with Crippen LogP contribution >= 0.6 is 27.5 Å². The maximum Gasteiger partial charge on any atom is 0.269 e. The molecule has 1 aromatic heterocycles. The van der Waals surface area contributed by atoms with Gasteiger partial charge in [0.15, 0.2) is 0 Å². The molecule has 1 N–H and O–H groups in total. The average Bonchev–Trinajstić information content (AvgIpc) is 3.14. The molecule has 2 saturated carbocycles. The number of aryl methyl sites for hydroxylation is 1. The summed E-state index contributed by atoms with van der Waals surface area (Å²) in [5, 5.41) is 4.68. The topological polar surface area (TPSA) is 34.0 Å². The van der Waals surface area contributed by atoms with E-state index in [1.54, 1.807) is 0 Å². The molecular formula is C17H18BrClN2O. The minimum absolute atomic E-state index is 0.0441. The SMILES string of the molecule is Cn1c(C(=O)N[C@@H]2C[C@@H]3CC[C@H]2C3)c(Cl)c2cc(Br)ccc21. The molecule has 3 atom stereocenters. The van der Waals surface area contributed by atoms with Gasteiger partial charge >= 0.3 is 0 Å². The van der Waals surface area contributed by atoms with E-state index >= 15 is 0 Å². The van der Waals surface area contributed by atoms with Crippen molar-refractivity contribution < 1.29 is 4.79 Å². The van der Waals surface area contributed by atoms with Gasteiger partial charge in [-0.25, -0.2) is 0 Å². The van der Waals surface area contributed by atoms with Crippen molar-refractivity contribution in [3.05, 3.63) is 33.4 Å². The van der Waals surface area contributed by atoms with E-state index in [9.17, 15) is 4.79 Å². The Morgan fingerprint density at radius 2 is 2.18 bits per heavy atom. The number of fused-ring (bicyclic) bond motifs is 3. The third-order valence-corrected chi connectivity index (χ3v) is 6.25. The van der Waals surface area contributed by atoms with Crippen LogP contribution in [-0.4, -0.2) is 16.5 Å². The number of carbonyl (C=O) groups excluding carboxylic acids is 1. The Kier molecular flexibility index (Phi) is 3.50. The van der Waals surface area contributed by atoms with E-state index in [-0.39, 0.29) is 5.91 Å². The first kappa shape index (κ1) is 14.6.